The molecule has 2 aromatic rings. The lowest BCUT2D eigenvalue weighted by molar-refractivity contribution is -0.384. The maximum Gasteiger partial charge on any atom is 0.294 e. The summed E-state index contributed by atoms with van der Waals surface area (Å²) in [5, 5.41) is 14.7. The predicted octanol–water partition coefficient (Wildman–Crippen LogP) is 1.60. The fourth-order valence-electron chi connectivity index (χ4n) is 2.93. The molecule has 2 atom stereocenters. The molecule has 1 amide bonds. The average molecular weight is 329 g/mol. The molecule has 8 nitrogen and oxygen atoms in total. The molecule has 3 rings (SSSR count). The number of nitrogens with one attached hydrogen (secondary N) is 1. The highest BCUT2D eigenvalue weighted by atomic mass is 16.6. The standard InChI is InChI=1S/C16H19N5O3/c1-11-12(2)20(8-6-18-11)16(22)13-3-4-14(15(9-13)21(23)24)19-7-5-17-10-19/h3-5,7,9-12,18H,6,8H2,1-2H3. The number of amides is 1. The Morgan fingerprint density at radius 3 is 2.88 bits per heavy atom. The van der Waals surface area contributed by atoms with Gasteiger partial charge >= 0.3 is 0 Å². The van der Waals surface area contributed by atoms with Crippen LogP contribution in [0.4, 0.5) is 5.69 Å². The fraction of sp³-hybridized carbons (Fsp3) is 0.375. The first-order chi connectivity index (χ1) is 11.5. The van der Waals surface area contributed by atoms with E-state index in [0.717, 1.165) is 0 Å². The Morgan fingerprint density at radius 2 is 2.21 bits per heavy atom. The lowest BCUT2D eigenvalue weighted by Gasteiger charge is -2.38. The fourth-order valence-corrected chi connectivity index (χ4v) is 2.93. The Labute approximate surface area is 139 Å². The first-order valence-electron chi connectivity index (χ1n) is 7.80. The maximum absolute atomic E-state index is 12.8. The van der Waals surface area contributed by atoms with Gasteiger partial charge in [-0.2, -0.15) is 0 Å². The molecule has 1 aliphatic heterocycles. The Kier molecular flexibility index (Phi) is 4.30. The van der Waals surface area contributed by atoms with E-state index in [2.05, 4.69) is 10.3 Å². The van der Waals surface area contributed by atoms with Gasteiger partial charge in [0.1, 0.15) is 5.69 Å². The molecule has 0 aliphatic carbocycles. The molecule has 1 N–H and O–H groups in total. The van der Waals surface area contributed by atoms with Gasteiger partial charge in [0, 0.05) is 49.2 Å². The van der Waals surface area contributed by atoms with Crippen molar-refractivity contribution in [3.63, 3.8) is 0 Å². The van der Waals surface area contributed by atoms with Crippen LogP contribution in [0.1, 0.15) is 24.2 Å². The van der Waals surface area contributed by atoms with Crippen LogP contribution in [0.5, 0.6) is 0 Å². The second-order valence-corrected chi connectivity index (χ2v) is 5.91. The second kappa shape index (κ2) is 6.40. The van der Waals surface area contributed by atoms with Crippen molar-refractivity contribution in [2.45, 2.75) is 25.9 Å². The number of benzene rings is 1. The Morgan fingerprint density at radius 1 is 1.42 bits per heavy atom. The van der Waals surface area contributed by atoms with Gasteiger partial charge in [0.25, 0.3) is 11.6 Å². The van der Waals surface area contributed by atoms with E-state index >= 15 is 0 Å². The third-order valence-electron chi connectivity index (χ3n) is 4.50. The zero-order valence-electron chi connectivity index (χ0n) is 13.5. The third-order valence-corrected chi connectivity index (χ3v) is 4.50. The van der Waals surface area contributed by atoms with Crippen LogP contribution in [0, 0.1) is 10.1 Å². The molecule has 2 heterocycles. The Hall–Kier alpha value is -2.74. The number of aromatic nitrogens is 2. The van der Waals surface area contributed by atoms with Gasteiger partial charge in [-0.15, -0.1) is 0 Å². The largest absolute Gasteiger partial charge is 0.333 e. The number of hydrogen-bond donors (Lipinski definition) is 1. The summed E-state index contributed by atoms with van der Waals surface area (Å²) in [7, 11) is 0. The van der Waals surface area contributed by atoms with Crippen LogP contribution in [0.3, 0.4) is 0 Å². The van der Waals surface area contributed by atoms with Gasteiger partial charge in [-0.1, -0.05) is 0 Å². The lowest BCUT2D eigenvalue weighted by atomic mass is 10.0. The summed E-state index contributed by atoms with van der Waals surface area (Å²) in [5.41, 5.74) is 0.594. The quantitative estimate of drug-likeness (QED) is 0.682. The van der Waals surface area contributed by atoms with Crippen molar-refractivity contribution >= 4 is 11.6 Å². The van der Waals surface area contributed by atoms with Crippen molar-refractivity contribution in [1.82, 2.24) is 19.8 Å². The molecule has 2 unspecified atom stereocenters. The summed E-state index contributed by atoms with van der Waals surface area (Å²) in [6.07, 6.45) is 4.67. The molecule has 0 saturated carbocycles. The number of nitrogens with zero attached hydrogens (tertiary/aromatic N) is 4. The number of imidazole rings is 1. The van der Waals surface area contributed by atoms with Crippen LogP contribution in [0.25, 0.3) is 5.69 Å². The van der Waals surface area contributed by atoms with E-state index < -0.39 is 4.92 Å². The zero-order chi connectivity index (χ0) is 17.3. The van der Waals surface area contributed by atoms with Crippen molar-refractivity contribution in [3.05, 3.63) is 52.6 Å². The van der Waals surface area contributed by atoms with E-state index in [4.69, 9.17) is 0 Å². The van der Waals surface area contributed by atoms with Gasteiger partial charge in [-0.3, -0.25) is 14.9 Å². The number of hydrogen-bond acceptors (Lipinski definition) is 5. The van der Waals surface area contributed by atoms with E-state index in [-0.39, 0.29) is 23.7 Å². The summed E-state index contributed by atoms with van der Waals surface area (Å²) in [6.45, 7) is 5.30. The smallest absolute Gasteiger partial charge is 0.294 e. The zero-order valence-corrected chi connectivity index (χ0v) is 13.5. The lowest BCUT2D eigenvalue weighted by Crippen LogP contribution is -2.57. The monoisotopic (exact) mass is 329 g/mol. The minimum Gasteiger partial charge on any atom is -0.333 e. The number of carbonyl (C=O) groups excluding carboxylic acids is 1. The number of piperazine rings is 1. The highest BCUT2D eigenvalue weighted by Gasteiger charge is 2.30. The molecular formula is C16H19N5O3. The van der Waals surface area contributed by atoms with E-state index in [1.165, 1.54) is 12.4 Å². The van der Waals surface area contributed by atoms with Crippen LogP contribution in [-0.4, -0.2) is 50.5 Å². The number of carbonyl (C=O) groups is 1. The summed E-state index contributed by atoms with van der Waals surface area (Å²) in [4.78, 5) is 29.4. The number of nitro groups is 1. The molecule has 1 fully saturated rings. The van der Waals surface area contributed by atoms with Gasteiger partial charge in [-0.25, -0.2) is 4.98 Å². The van der Waals surface area contributed by atoms with Gasteiger partial charge in [0.2, 0.25) is 0 Å². The minimum absolute atomic E-state index is 0.0265. The first-order valence-corrected chi connectivity index (χ1v) is 7.80. The minimum atomic E-state index is -0.476. The highest BCUT2D eigenvalue weighted by Crippen LogP contribution is 2.25. The Bertz CT molecular complexity index is 759. The van der Waals surface area contributed by atoms with Gasteiger partial charge in [-0.05, 0) is 26.0 Å². The molecule has 1 aromatic heterocycles. The van der Waals surface area contributed by atoms with E-state index in [0.29, 0.717) is 24.3 Å². The maximum atomic E-state index is 12.8. The molecule has 0 radical (unpaired) electrons. The molecular weight excluding hydrogens is 310 g/mol. The van der Waals surface area contributed by atoms with E-state index in [1.807, 2.05) is 13.8 Å². The second-order valence-electron chi connectivity index (χ2n) is 5.91. The van der Waals surface area contributed by atoms with Gasteiger partial charge in [0.05, 0.1) is 11.3 Å². The van der Waals surface area contributed by atoms with Crippen molar-refractivity contribution in [2.24, 2.45) is 0 Å². The van der Waals surface area contributed by atoms with Crippen molar-refractivity contribution in [1.29, 1.82) is 0 Å². The summed E-state index contributed by atoms with van der Waals surface area (Å²) >= 11 is 0. The normalized spacial score (nSPS) is 20.8. The van der Waals surface area contributed by atoms with Crippen molar-refractivity contribution in [2.75, 3.05) is 13.1 Å². The highest BCUT2D eigenvalue weighted by molar-refractivity contribution is 5.95. The first kappa shape index (κ1) is 16.1. The summed E-state index contributed by atoms with van der Waals surface area (Å²) < 4.78 is 1.56. The Balaban J connectivity index is 1.96. The molecule has 1 saturated heterocycles. The topological polar surface area (TPSA) is 93.3 Å². The predicted molar refractivity (Wildman–Crippen MR) is 88.2 cm³/mol. The van der Waals surface area contributed by atoms with Crippen molar-refractivity contribution in [3.8, 4) is 5.69 Å². The van der Waals surface area contributed by atoms with E-state index in [1.54, 1.807) is 34.0 Å². The van der Waals surface area contributed by atoms with E-state index in [9.17, 15) is 14.9 Å². The van der Waals surface area contributed by atoms with Crippen LogP contribution >= 0.6 is 0 Å². The average Bonchev–Trinajstić information content (AvgIpc) is 3.10. The molecule has 0 bridgehead atoms. The van der Waals surface area contributed by atoms with Crippen LogP contribution in [0.2, 0.25) is 0 Å². The third kappa shape index (κ3) is 2.88. The van der Waals surface area contributed by atoms with Gasteiger partial charge in [0.15, 0.2) is 0 Å². The molecule has 1 aliphatic rings. The summed E-state index contributed by atoms with van der Waals surface area (Å²) in [6, 6.07) is 4.77. The molecule has 24 heavy (non-hydrogen) atoms. The van der Waals surface area contributed by atoms with Crippen LogP contribution in [0.15, 0.2) is 36.9 Å². The number of nitro benzene ring substituents is 1. The van der Waals surface area contributed by atoms with Crippen LogP contribution in [-0.2, 0) is 0 Å². The molecule has 126 valence electrons. The molecule has 8 heteroatoms. The number of rotatable bonds is 3. The SMILES string of the molecule is CC1NCCN(C(=O)c2ccc(-n3ccnc3)c([N+](=O)[O-])c2)C1C. The van der Waals surface area contributed by atoms with Gasteiger partial charge < -0.3 is 14.8 Å². The summed E-state index contributed by atoms with van der Waals surface area (Å²) in [5.74, 6) is -0.184. The van der Waals surface area contributed by atoms with Crippen molar-refractivity contribution < 1.29 is 9.72 Å². The molecule has 1 aromatic carbocycles. The van der Waals surface area contributed by atoms with Crippen LogP contribution < -0.4 is 5.32 Å². The molecule has 0 spiro atoms.